The molecule has 3 aromatic rings. The molecule has 100 valence electrons. The Balaban J connectivity index is 2.07. The molecule has 0 radical (unpaired) electrons. The van der Waals surface area contributed by atoms with Gasteiger partial charge in [0.25, 0.3) is 0 Å². The Morgan fingerprint density at radius 1 is 1.35 bits per heavy atom. The van der Waals surface area contributed by atoms with E-state index in [-0.39, 0.29) is 5.82 Å². The highest BCUT2D eigenvalue weighted by atomic mass is 32.1. The van der Waals surface area contributed by atoms with Crippen molar-refractivity contribution in [3.05, 3.63) is 57.2 Å². The van der Waals surface area contributed by atoms with Gasteiger partial charge in [-0.2, -0.15) is 26.2 Å². The van der Waals surface area contributed by atoms with Crippen molar-refractivity contribution in [2.75, 3.05) is 0 Å². The summed E-state index contributed by atoms with van der Waals surface area (Å²) in [6, 6.07) is 8.31. The molecule has 1 N–H and O–H groups in total. The quantitative estimate of drug-likeness (QED) is 0.592. The van der Waals surface area contributed by atoms with Crippen molar-refractivity contribution < 1.29 is 4.39 Å². The zero-order chi connectivity index (χ0) is 13.9. The first-order chi connectivity index (χ1) is 9.75. The molecule has 0 aliphatic carbocycles. The number of thiophene rings is 1. The maximum absolute atomic E-state index is 13.8. The predicted octanol–water partition coefficient (Wildman–Crippen LogP) is 3.69. The van der Waals surface area contributed by atoms with E-state index in [4.69, 9.17) is 12.2 Å². The molecule has 0 amide bonds. The largest absolute Gasteiger partial charge is 0.250 e. The lowest BCUT2D eigenvalue weighted by molar-refractivity contribution is 0.628. The normalized spacial score (nSPS) is 11.2. The Labute approximate surface area is 123 Å². The molecule has 1 aromatic carbocycles. The van der Waals surface area contributed by atoms with E-state index in [2.05, 4.69) is 15.3 Å². The van der Waals surface area contributed by atoms with Crippen molar-refractivity contribution in [1.82, 2.24) is 14.9 Å². The SMILES string of the molecule is Fc1ccccc1-c1n[nH]c(=S)n1/N=C\c1ccsc1. The summed E-state index contributed by atoms with van der Waals surface area (Å²) < 4.78 is 15.5. The first-order valence-corrected chi connectivity index (χ1v) is 7.09. The molecule has 0 fully saturated rings. The summed E-state index contributed by atoms with van der Waals surface area (Å²) in [6.07, 6.45) is 1.66. The van der Waals surface area contributed by atoms with Crippen molar-refractivity contribution in [2.24, 2.45) is 5.10 Å². The van der Waals surface area contributed by atoms with E-state index in [0.717, 1.165) is 5.56 Å². The molecular formula is C13H9FN4S2. The fourth-order valence-corrected chi connectivity index (χ4v) is 2.48. The Morgan fingerprint density at radius 2 is 2.20 bits per heavy atom. The van der Waals surface area contributed by atoms with Crippen LogP contribution in [0.4, 0.5) is 4.39 Å². The second kappa shape index (κ2) is 5.48. The van der Waals surface area contributed by atoms with Crippen molar-refractivity contribution in [2.45, 2.75) is 0 Å². The van der Waals surface area contributed by atoms with E-state index in [0.29, 0.717) is 16.2 Å². The van der Waals surface area contributed by atoms with Gasteiger partial charge in [0, 0.05) is 5.56 Å². The molecule has 20 heavy (non-hydrogen) atoms. The van der Waals surface area contributed by atoms with E-state index in [1.54, 1.807) is 35.8 Å². The van der Waals surface area contributed by atoms with Crippen LogP contribution in [0.5, 0.6) is 0 Å². The van der Waals surface area contributed by atoms with Crippen LogP contribution in [-0.4, -0.2) is 21.1 Å². The molecule has 4 nitrogen and oxygen atoms in total. The summed E-state index contributed by atoms with van der Waals surface area (Å²) in [5.74, 6) is -0.0203. The number of hydrogen-bond donors (Lipinski definition) is 1. The highest BCUT2D eigenvalue weighted by Crippen LogP contribution is 2.20. The summed E-state index contributed by atoms with van der Waals surface area (Å²) in [4.78, 5) is 0. The summed E-state index contributed by atoms with van der Waals surface area (Å²) in [5.41, 5.74) is 1.31. The van der Waals surface area contributed by atoms with Crippen LogP contribution in [-0.2, 0) is 0 Å². The fourth-order valence-electron chi connectivity index (χ4n) is 1.69. The van der Waals surface area contributed by atoms with Gasteiger partial charge < -0.3 is 0 Å². The minimum atomic E-state index is -0.367. The van der Waals surface area contributed by atoms with Crippen LogP contribution in [0.15, 0.2) is 46.2 Å². The van der Waals surface area contributed by atoms with Crippen molar-refractivity contribution >= 4 is 29.8 Å². The molecular weight excluding hydrogens is 295 g/mol. The van der Waals surface area contributed by atoms with Gasteiger partial charge in [0.2, 0.25) is 4.77 Å². The Kier molecular flexibility index (Phi) is 3.53. The van der Waals surface area contributed by atoms with Gasteiger partial charge in [0.1, 0.15) is 5.82 Å². The Morgan fingerprint density at radius 3 is 2.95 bits per heavy atom. The number of hydrogen-bond acceptors (Lipinski definition) is 4. The van der Waals surface area contributed by atoms with Gasteiger partial charge in [0.15, 0.2) is 5.82 Å². The summed E-state index contributed by atoms with van der Waals surface area (Å²) in [6.45, 7) is 0. The number of aromatic amines is 1. The molecule has 2 heterocycles. The van der Waals surface area contributed by atoms with Crippen LogP contribution in [0, 0.1) is 10.6 Å². The van der Waals surface area contributed by atoms with Crippen molar-refractivity contribution in [3.8, 4) is 11.4 Å². The molecule has 0 spiro atoms. The molecule has 7 heteroatoms. The summed E-state index contributed by atoms with van der Waals surface area (Å²) in [7, 11) is 0. The van der Waals surface area contributed by atoms with E-state index in [9.17, 15) is 4.39 Å². The third-order valence-electron chi connectivity index (χ3n) is 2.63. The van der Waals surface area contributed by atoms with Crippen LogP contribution >= 0.6 is 23.6 Å². The lowest BCUT2D eigenvalue weighted by Crippen LogP contribution is -1.96. The fraction of sp³-hybridized carbons (Fsp3) is 0. The van der Waals surface area contributed by atoms with Crippen molar-refractivity contribution in [3.63, 3.8) is 0 Å². The van der Waals surface area contributed by atoms with Gasteiger partial charge in [-0.1, -0.05) is 12.1 Å². The van der Waals surface area contributed by atoms with Crippen LogP contribution in [0.2, 0.25) is 0 Å². The average Bonchev–Trinajstić information content (AvgIpc) is 3.07. The number of rotatable bonds is 3. The summed E-state index contributed by atoms with van der Waals surface area (Å²) in [5, 5.41) is 14.8. The number of nitrogens with zero attached hydrogens (tertiary/aromatic N) is 3. The molecule has 0 saturated carbocycles. The Bertz CT molecular complexity index is 802. The smallest absolute Gasteiger partial charge is 0.216 e. The second-order valence-electron chi connectivity index (χ2n) is 3.95. The average molecular weight is 304 g/mol. The molecule has 0 aliphatic heterocycles. The Hall–Kier alpha value is -2.12. The monoisotopic (exact) mass is 304 g/mol. The van der Waals surface area contributed by atoms with Crippen LogP contribution in [0.25, 0.3) is 11.4 Å². The van der Waals surface area contributed by atoms with Gasteiger partial charge in [-0.15, -0.1) is 0 Å². The third kappa shape index (κ3) is 2.45. The maximum atomic E-state index is 13.8. The minimum absolute atomic E-state index is 0.315. The van der Waals surface area contributed by atoms with Gasteiger partial charge >= 0.3 is 0 Å². The molecule has 2 aromatic heterocycles. The van der Waals surface area contributed by atoms with E-state index in [1.165, 1.54) is 10.7 Å². The molecule has 3 rings (SSSR count). The number of nitrogens with one attached hydrogen (secondary N) is 1. The third-order valence-corrected chi connectivity index (χ3v) is 3.60. The first-order valence-electron chi connectivity index (χ1n) is 5.74. The molecule has 0 aliphatic rings. The molecule has 0 unspecified atom stereocenters. The zero-order valence-corrected chi connectivity index (χ0v) is 11.8. The van der Waals surface area contributed by atoms with Crippen LogP contribution in [0.3, 0.4) is 0 Å². The number of benzene rings is 1. The molecule has 0 saturated heterocycles. The zero-order valence-electron chi connectivity index (χ0n) is 10.2. The summed E-state index contributed by atoms with van der Waals surface area (Å²) >= 11 is 6.70. The highest BCUT2D eigenvalue weighted by molar-refractivity contribution is 7.71. The highest BCUT2D eigenvalue weighted by Gasteiger charge is 2.11. The molecule has 0 bridgehead atoms. The molecule has 0 atom stereocenters. The van der Waals surface area contributed by atoms with E-state index >= 15 is 0 Å². The van der Waals surface area contributed by atoms with Crippen LogP contribution < -0.4 is 0 Å². The van der Waals surface area contributed by atoms with Crippen LogP contribution in [0.1, 0.15) is 5.56 Å². The van der Waals surface area contributed by atoms with Gasteiger partial charge in [0.05, 0.1) is 11.8 Å². The topological polar surface area (TPSA) is 46.0 Å². The minimum Gasteiger partial charge on any atom is -0.250 e. The maximum Gasteiger partial charge on any atom is 0.216 e. The number of halogens is 1. The van der Waals surface area contributed by atoms with E-state index < -0.39 is 0 Å². The second-order valence-corrected chi connectivity index (χ2v) is 5.11. The van der Waals surface area contributed by atoms with Gasteiger partial charge in [-0.25, -0.2) is 9.49 Å². The lowest BCUT2D eigenvalue weighted by Gasteiger charge is -2.01. The predicted molar refractivity (Wildman–Crippen MR) is 80.1 cm³/mol. The van der Waals surface area contributed by atoms with Gasteiger partial charge in [-0.3, -0.25) is 0 Å². The number of aromatic nitrogens is 3. The van der Waals surface area contributed by atoms with E-state index in [1.807, 2.05) is 16.8 Å². The van der Waals surface area contributed by atoms with Gasteiger partial charge in [-0.05, 0) is 41.2 Å². The standard InChI is InChI=1S/C13H9FN4S2/c14-11-4-2-1-3-10(11)12-16-17-13(19)18(12)15-7-9-5-6-20-8-9/h1-8H,(H,17,19)/b15-7-. The lowest BCUT2D eigenvalue weighted by atomic mass is 10.2. The van der Waals surface area contributed by atoms with Crippen molar-refractivity contribution in [1.29, 1.82) is 0 Å². The first kappa shape index (κ1) is 12.9. The number of H-pyrrole nitrogens is 1.